The van der Waals surface area contributed by atoms with Gasteiger partial charge in [0, 0.05) is 17.4 Å². The molecule has 0 saturated carbocycles. The molecule has 5 heteroatoms. The summed E-state index contributed by atoms with van der Waals surface area (Å²) in [5.41, 5.74) is 0. The van der Waals surface area contributed by atoms with Gasteiger partial charge in [-0.05, 0) is 37.4 Å². The summed E-state index contributed by atoms with van der Waals surface area (Å²) in [6.45, 7) is 1.62. The van der Waals surface area contributed by atoms with Crippen molar-refractivity contribution in [1.29, 1.82) is 0 Å². The minimum Gasteiger partial charge on any atom is -0.490 e. The van der Waals surface area contributed by atoms with E-state index < -0.39 is 0 Å². The van der Waals surface area contributed by atoms with Gasteiger partial charge in [0.1, 0.15) is 0 Å². The van der Waals surface area contributed by atoms with Crippen molar-refractivity contribution in [3.05, 3.63) is 18.2 Å². The summed E-state index contributed by atoms with van der Waals surface area (Å²) in [7, 11) is 1.87. The summed E-state index contributed by atoms with van der Waals surface area (Å²) >= 11 is 1.77. The fourth-order valence-corrected chi connectivity index (χ4v) is 2.87. The fourth-order valence-electron chi connectivity index (χ4n) is 1.88. The zero-order chi connectivity index (χ0) is 13.5. The monoisotopic (exact) mass is 283 g/mol. The number of nitrogens with one attached hydrogen (secondary N) is 1. The van der Waals surface area contributed by atoms with Crippen LogP contribution in [0.5, 0.6) is 11.5 Å². The second-order valence-corrected chi connectivity index (χ2v) is 5.63. The van der Waals surface area contributed by atoms with Crippen LogP contribution < -0.4 is 14.8 Å². The summed E-state index contributed by atoms with van der Waals surface area (Å²) in [5.74, 6) is 2.64. The van der Waals surface area contributed by atoms with Gasteiger partial charge in [0.15, 0.2) is 11.5 Å². The highest BCUT2D eigenvalue weighted by Crippen LogP contribution is 2.34. The van der Waals surface area contributed by atoms with E-state index >= 15 is 0 Å². The highest BCUT2D eigenvalue weighted by atomic mass is 32.2. The van der Waals surface area contributed by atoms with Crippen LogP contribution in [-0.2, 0) is 0 Å². The quantitative estimate of drug-likeness (QED) is 0.781. The van der Waals surface area contributed by atoms with Gasteiger partial charge in [-0.1, -0.05) is 0 Å². The average Bonchev–Trinajstić information content (AvgIpc) is 2.68. The standard InChI is InChI=1S/C14H21NO3S/c1-15-11(10-16)5-8-19-12-3-4-13-14(9-12)18-7-2-6-17-13/h3-4,9,11,15-16H,2,5-8,10H2,1H3. The molecule has 1 heterocycles. The molecule has 0 saturated heterocycles. The van der Waals surface area contributed by atoms with E-state index in [-0.39, 0.29) is 12.6 Å². The van der Waals surface area contributed by atoms with Gasteiger partial charge < -0.3 is 19.9 Å². The van der Waals surface area contributed by atoms with E-state index in [9.17, 15) is 0 Å². The Labute approximate surface area is 118 Å². The molecule has 1 unspecified atom stereocenters. The summed E-state index contributed by atoms with van der Waals surface area (Å²) in [5, 5.41) is 12.2. The molecule has 0 fully saturated rings. The number of rotatable bonds is 6. The van der Waals surface area contributed by atoms with Gasteiger partial charge in [-0.15, -0.1) is 11.8 Å². The first kappa shape index (κ1) is 14.5. The summed E-state index contributed by atoms with van der Waals surface area (Å²) in [6, 6.07) is 6.25. The second kappa shape index (κ2) is 7.62. The highest BCUT2D eigenvalue weighted by molar-refractivity contribution is 7.99. The lowest BCUT2D eigenvalue weighted by atomic mass is 10.2. The van der Waals surface area contributed by atoms with E-state index in [0.717, 1.165) is 36.7 Å². The van der Waals surface area contributed by atoms with Crippen molar-refractivity contribution in [3.63, 3.8) is 0 Å². The lowest BCUT2D eigenvalue weighted by Gasteiger charge is -2.13. The summed E-state index contributed by atoms with van der Waals surface area (Å²) < 4.78 is 11.3. The van der Waals surface area contributed by atoms with Crippen molar-refractivity contribution >= 4 is 11.8 Å². The Morgan fingerprint density at radius 3 is 2.84 bits per heavy atom. The van der Waals surface area contributed by atoms with Gasteiger partial charge >= 0.3 is 0 Å². The van der Waals surface area contributed by atoms with Crippen LogP contribution in [0, 0.1) is 0 Å². The number of fused-ring (bicyclic) bond motifs is 1. The van der Waals surface area contributed by atoms with Crippen molar-refractivity contribution in [2.45, 2.75) is 23.8 Å². The Morgan fingerprint density at radius 2 is 2.11 bits per heavy atom. The highest BCUT2D eigenvalue weighted by Gasteiger charge is 2.11. The molecule has 4 nitrogen and oxygen atoms in total. The van der Waals surface area contributed by atoms with Crippen LogP contribution in [0.1, 0.15) is 12.8 Å². The maximum Gasteiger partial charge on any atom is 0.162 e. The first-order valence-corrected chi connectivity index (χ1v) is 7.62. The maximum atomic E-state index is 9.10. The molecule has 0 spiro atoms. The van der Waals surface area contributed by atoms with E-state index in [1.807, 2.05) is 19.2 Å². The SMILES string of the molecule is CNC(CO)CCSc1ccc2c(c1)OCCCO2. The minimum atomic E-state index is 0.174. The number of ether oxygens (including phenoxy) is 2. The summed E-state index contributed by atoms with van der Waals surface area (Å²) in [6.07, 6.45) is 1.86. The predicted octanol–water partition coefficient (Wildman–Crippen LogP) is 1.91. The van der Waals surface area contributed by atoms with Crippen molar-refractivity contribution in [3.8, 4) is 11.5 Å². The molecule has 0 aromatic heterocycles. The molecule has 0 bridgehead atoms. The number of likely N-dealkylation sites (N-methyl/N-ethyl adjacent to an activating group) is 1. The molecule has 19 heavy (non-hydrogen) atoms. The van der Waals surface area contributed by atoms with E-state index in [2.05, 4.69) is 11.4 Å². The zero-order valence-corrected chi connectivity index (χ0v) is 12.0. The van der Waals surface area contributed by atoms with Gasteiger partial charge in [0.2, 0.25) is 0 Å². The minimum absolute atomic E-state index is 0.174. The van der Waals surface area contributed by atoms with Gasteiger partial charge in [-0.25, -0.2) is 0 Å². The third-order valence-corrected chi connectivity index (χ3v) is 4.11. The van der Waals surface area contributed by atoms with Crippen molar-refractivity contribution in [2.24, 2.45) is 0 Å². The molecule has 1 aromatic rings. The number of aliphatic hydroxyl groups excluding tert-OH is 1. The van der Waals surface area contributed by atoms with Crippen LogP contribution >= 0.6 is 11.8 Å². The van der Waals surface area contributed by atoms with E-state index in [0.29, 0.717) is 6.61 Å². The number of aliphatic hydroxyl groups is 1. The summed E-state index contributed by atoms with van der Waals surface area (Å²) in [4.78, 5) is 1.18. The lowest BCUT2D eigenvalue weighted by Crippen LogP contribution is -2.29. The van der Waals surface area contributed by atoms with E-state index in [1.54, 1.807) is 11.8 Å². The maximum absolute atomic E-state index is 9.10. The van der Waals surface area contributed by atoms with Gasteiger partial charge in [0.25, 0.3) is 0 Å². The fraction of sp³-hybridized carbons (Fsp3) is 0.571. The molecule has 1 aliphatic rings. The normalized spacial score (nSPS) is 15.9. The first-order chi connectivity index (χ1) is 9.33. The third-order valence-electron chi connectivity index (χ3n) is 3.08. The average molecular weight is 283 g/mol. The van der Waals surface area contributed by atoms with Crippen LogP contribution in [0.25, 0.3) is 0 Å². The molecule has 106 valence electrons. The topological polar surface area (TPSA) is 50.7 Å². The van der Waals surface area contributed by atoms with Crippen molar-refractivity contribution in [2.75, 3.05) is 32.6 Å². The molecule has 1 aliphatic heterocycles. The molecule has 0 amide bonds. The Morgan fingerprint density at radius 1 is 1.32 bits per heavy atom. The number of benzene rings is 1. The third kappa shape index (κ3) is 4.30. The molecule has 1 atom stereocenters. The Bertz CT molecular complexity index is 396. The zero-order valence-electron chi connectivity index (χ0n) is 11.2. The van der Waals surface area contributed by atoms with Crippen LogP contribution in [-0.4, -0.2) is 43.8 Å². The number of hydrogen-bond donors (Lipinski definition) is 2. The van der Waals surface area contributed by atoms with E-state index in [1.165, 1.54) is 4.90 Å². The van der Waals surface area contributed by atoms with Crippen molar-refractivity contribution < 1.29 is 14.6 Å². The first-order valence-electron chi connectivity index (χ1n) is 6.64. The van der Waals surface area contributed by atoms with Gasteiger partial charge in [-0.2, -0.15) is 0 Å². The molecular weight excluding hydrogens is 262 g/mol. The van der Waals surface area contributed by atoms with Gasteiger partial charge in [-0.3, -0.25) is 0 Å². The second-order valence-electron chi connectivity index (χ2n) is 4.46. The van der Waals surface area contributed by atoms with Crippen LogP contribution in [0.4, 0.5) is 0 Å². The van der Waals surface area contributed by atoms with Crippen molar-refractivity contribution in [1.82, 2.24) is 5.32 Å². The molecule has 0 aliphatic carbocycles. The van der Waals surface area contributed by atoms with Gasteiger partial charge in [0.05, 0.1) is 19.8 Å². The molecule has 2 N–H and O–H groups in total. The molecular formula is C14H21NO3S. The molecule has 2 rings (SSSR count). The largest absolute Gasteiger partial charge is 0.490 e. The number of thioether (sulfide) groups is 1. The smallest absolute Gasteiger partial charge is 0.162 e. The lowest BCUT2D eigenvalue weighted by molar-refractivity contribution is 0.246. The Hall–Kier alpha value is -0.910. The Balaban J connectivity index is 1.89. The van der Waals surface area contributed by atoms with Crippen LogP contribution in [0.2, 0.25) is 0 Å². The molecule has 0 radical (unpaired) electrons. The van der Waals surface area contributed by atoms with E-state index in [4.69, 9.17) is 14.6 Å². The molecule has 1 aromatic carbocycles. The van der Waals surface area contributed by atoms with Crippen LogP contribution in [0.15, 0.2) is 23.1 Å². The number of hydrogen-bond acceptors (Lipinski definition) is 5. The van der Waals surface area contributed by atoms with Crippen LogP contribution in [0.3, 0.4) is 0 Å². The predicted molar refractivity (Wildman–Crippen MR) is 77.3 cm³/mol. The Kier molecular flexibility index (Phi) is 5.82.